The number of nitrogens with one attached hydrogen (secondary N) is 2. The standard InChI is InChI=1S/C24H31N5O3S.2C18H15P.2ClH.Pd/c1-3-33(30,31)24(8-11-25-12-9-24)21-15-22(29-13-14-32-16-17(29)2)28-23(27-21)19-5-4-6-20-18(19)7-10-26-20;2*1-4-10-16(11-5-1)19(17-12-6-2-7-13-17)18-14-8-3-9-15-18;;;/h4-7,10,15,17,25-26H,3,8-9,11-14,16H2,1-2H3;2*1-15H;2*1H;/q;;;;;+2/p-2/t17-;;;;;/m1...../s1. The number of benzene rings is 7. The van der Waals surface area contributed by atoms with Crippen molar-refractivity contribution in [1.82, 2.24) is 20.3 Å². The second-order valence-corrected chi connectivity index (χ2v) is 27.1. The van der Waals surface area contributed by atoms with Crippen molar-refractivity contribution >= 4 is 93.3 Å². The van der Waals surface area contributed by atoms with Crippen molar-refractivity contribution in [3.05, 3.63) is 224 Å². The minimum atomic E-state index is -3.41. The van der Waals surface area contributed by atoms with Gasteiger partial charge in [-0.15, -0.1) is 0 Å². The maximum absolute atomic E-state index is 13.5. The monoisotopic (exact) mass is 1170 g/mol. The Labute approximate surface area is 455 Å². The van der Waals surface area contributed by atoms with Crippen LogP contribution in [0.1, 0.15) is 32.4 Å². The number of rotatable bonds is 11. The molecule has 1 atom stereocenters. The Morgan fingerprint density at radius 2 is 1.07 bits per heavy atom. The number of aromatic amines is 1. The van der Waals surface area contributed by atoms with Gasteiger partial charge >= 0.3 is 35.0 Å². The molecular formula is C60H61Cl2N5O3P2PdS. The van der Waals surface area contributed by atoms with E-state index in [-0.39, 0.29) is 27.7 Å². The van der Waals surface area contributed by atoms with Gasteiger partial charge in [0, 0.05) is 41.0 Å². The van der Waals surface area contributed by atoms with Crippen LogP contribution in [0, 0.1) is 0 Å². The van der Waals surface area contributed by atoms with Gasteiger partial charge in [-0.25, -0.2) is 18.4 Å². The molecular weight excluding hydrogens is 1110 g/mol. The first-order valence-corrected chi connectivity index (χ1v) is 33.1. The third-order valence-electron chi connectivity index (χ3n) is 13.2. The molecule has 8 nitrogen and oxygen atoms in total. The fourth-order valence-electron chi connectivity index (χ4n) is 9.47. The number of anilines is 1. The van der Waals surface area contributed by atoms with Crippen LogP contribution in [-0.2, 0) is 35.3 Å². The van der Waals surface area contributed by atoms with E-state index < -0.39 is 30.4 Å². The van der Waals surface area contributed by atoms with E-state index in [4.69, 9.17) is 33.8 Å². The van der Waals surface area contributed by atoms with Crippen molar-refractivity contribution in [2.24, 2.45) is 0 Å². The summed E-state index contributed by atoms with van der Waals surface area (Å²) in [7, 11) is 5.33. The number of aromatic nitrogens is 3. The van der Waals surface area contributed by atoms with Gasteiger partial charge in [0.1, 0.15) is 10.6 Å². The summed E-state index contributed by atoms with van der Waals surface area (Å²) < 4.78 is 31.7. The molecule has 2 aliphatic heterocycles. The van der Waals surface area contributed by atoms with Crippen LogP contribution in [0.2, 0.25) is 0 Å². The minimum absolute atomic E-state index is 0.0863. The van der Waals surface area contributed by atoms with Crippen molar-refractivity contribution < 1.29 is 29.1 Å². The fraction of sp³-hybridized carbons (Fsp3) is 0.200. The van der Waals surface area contributed by atoms with Crippen molar-refractivity contribution in [3.63, 3.8) is 0 Å². The Morgan fingerprint density at radius 1 is 0.635 bits per heavy atom. The molecule has 0 unspecified atom stereocenters. The maximum Gasteiger partial charge on any atom is -0.0134 e. The first kappa shape index (κ1) is 55.2. The van der Waals surface area contributed by atoms with Crippen LogP contribution in [-0.4, -0.2) is 68.0 Å². The third kappa shape index (κ3) is 13.7. The fourth-order valence-corrected chi connectivity index (χ4v) is 15.9. The smallest absolute Gasteiger partial charge is 0.0134 e. The number of ether oxygens (including phenoxy) is 1. The number of hydrogen-bond acceptors (Lipinski definition) is 7. The first-order valence-electron chi connectivity index (χ1n) is 24.7. The number of H-pyrrole nitrogens is 1. The van der Waals surface area contributed by atoms with Crippen LogP contribution in [0.3, 0.4) is 0 Å². The molecule has 11 rings (SSSR count). The maximum atomic E-state index is 13.5. The van der Waals surface area contributed by atoms with Crippen molar-refractivity contribution in [2.45, 2.75) is 37.5 Å². The van der Waals surface area contributed by atoms with Gasteiger partial charge < -0.3 is 19.9 Å². The SMILES string of the molecule is CCS(=O)(=O)C1(c2cc(N3CCOC[C@H]3C)nc(-c3cccc4[nH]ccc34)n2)CCNCC1.[Cl][Pd][Cl].c1ccc(P(c2ccccc2)c2ccccc2)cc1.c1ccc(P(c2ccccc2)c2ccccc2)cc1. The number of morpholine rings is 1. The molecule has 0 aliphatic carbocycles. The molecule has 0 saturated carbocycles. The van der Waals surface area contributed by atoms with Crippen LogP contribution in [0.4, 0.5) is 5.82 Å². The topological polar surface area (TPSA) is 100 Å². The zero-order chi connectivity index (χ0) is 51.6. The van der Waals surface area contributed by atoms with E-state index >= 15 is 0 Å². The van der Waals surface area contributed by atoms with E-state index in [1.165, 1.54) is 31.8 Å². The van der Waals surface area contributed by atoms with Gasteiger partial charge in [0.2, 0.25) is 0 Å². The number of hydrogen-bond donors (Lipinski definition) is 2. The Hall–Kier alpha value is -5.07. The van der Waals surface area contributed by atoms with Crippen molar-refractivity contribution in [2.75, 3.05) is 43.5 Å². The molecule has 9 aromatic rings. The zero-order valence-corrected chi connectivity index (χ0v) is 47.1. The Balaban J connectivity index is 0.000000152. The predicted octanol–water partition coefficient (Wildman–Crippen LogP) is 11.1. The molecule has 2 aliphatic rings. The summed E-state index contributed by atoms with van der Waals surface area (Å²) in [6.07, 6.45) is 2.91. The molecule has 2 fully saturated rings. The molecule has 2 saturated heterocycles. The van der Waals surface area contributed by atoms with Crippen LogP contribution >= 0.6 is 34.9 Å². The van der Waals surface area contributed by atoms with Gasteiger partial charge in [0.05, 0.1) is 24.9 Å². The number of piperidine rings is 1. The number of nitrogens with zero attached hydrogens (tertiary/aromatic N) is 3. The molecule has 2 N–H and O–H groups in total. The average Bonchev–Trinajstić information content (AvgIpc) is 3.96. The summed E-state index contributed by atoms with van der Waals surface area (Å²) in [5.41, 5.74) is 2.51. The Morgan fingerprint density at radius 3 is 1.47 bits per heavy atom. The molecule has 14 heteroatoms. The third-order valence-corrected chi connectivity index (χ3v) is 20.6. The summed E-state index contributed by atoms with van der Waals surface area (Å²) >= 11 is -0.106. The van der Waals surface area contributed by atoms with Gasteiger partial charge in [0.25, 0.3) is 0 Å². The quantitative estimate of drug-likeness (QED) is 0.0983. The van der Waals surface area contributed by atoms with Crippen LogP contribution in [0.5, 0.6) is 0 Å². The molecule has 74 heavy (non-hydrogen) atoms. The number of fused-ring (bicyclic) bond motifs is 1. The van der Waals surface area contributed by atoms with E-state index in [2.05, 4.69) is 204 Å². The molecule has 2 aromatic heterocycles. The van der Waals surface area contributed by atoms with Crippen LogP contribution < -0.4 is 42.0 Å². The van der Waals surface area contributed by atoms with E-state index in [0.29, 0.717) is 57.2 Å². The molecule has 384 valence electrons. The van der Waals surface area contributed by atoms with Gasteiger partial charge in [-0.3, -0.25) is 0 Å². The zero-order valence-electron chi connectivity index (χ0n) is 41.5. The summed E-state index contributed by atoms with van der Waals surface area (Å²) in [6.45, 7) is 7.08. The van der Waals surface area contributed by atoms with E-state index in [1.54, 1.807) is 6.92 Å². The van der Waals surface area contributed by atoms with Crippen molar-refractivity contribution in [1.29, 1.82) is 0 Å². The minimum Gasteiger partial charge on any atom is -0.0622 e. The van der Waals surface area contributed by atoms with E-state index in [0.717, 1.165) is 22.3 Å². The van der Waals surface area contributed by atoms with Crippen LogP contribution in [0.25, 0.3) is 22.3 Å². The van der Waals surface area contributed by atoms with E-state index in [9.17, 15) is 8.42 Å². The molecule has 0 spiro atoms. The normalized spacial score (nSPS) is 15.3. The van der Waals surface area contributed by atoms with E-state index in [1.807, 2.05) is 36.5 Å². The first-order chi connectivity index (χ1) is 36.3. The van der Waals surface area contributed by atoms with Gasteiger partial charge in [-0.2, -0.15) is 0 Å². The molecule has 0 amide bonds. The molecule has 0 radical (unpaired) electrons. The molecule has 7 aromatic carbocycles. The molecule has 0 bridgehead atoms. The number of halogens is 2. The summed E-state index contributed by atoms with van der Waals surface area (Å²) in [4.78, 5) is 15.4. The number of sulfone groups is 1. The summed E-state index contributed by atoms with van der Waals surface area (Å²) in [5, 5.41) is 12.7. The second-order valence-electron chi connectivity index (χ2n) is 17.7. The second kappa shape index (κ2) is 27.6. The molecule has 4 heterocycles. The van der Waals surface area contributed by atoms with Gasteiger partial charge in [-0.05, 0) is 92.7 Å². The predicted molar refractivity (Wildman–Crippen MR) is 312 cm³/mol. The Bertz CT molecular complexity index is 2900. The van der Waals surface area contributed by atoms with Crippen molar-refractivity contribution in [3.8, 4) is 11.4 Å². The summed E-state index contributed by atoms with van der Waals surface area (Å²) in [6, 6.07) is 74.7. The van der Waals surface area contributed by atoms with Gasteiger partial charge in [0.15, 0.2) is 15.7 Å². The average molecular weight is 1170 g/mol. The van der Waals surface area contributed by atoms with Gasteiger partial charge in [-0.1, -0.05) is 201 Å². The Kier molecular flexibility index (Phi) is 20.6. The van der Waals surface area contributed by atoms with Crippen LogP contribution in [0.15, 0.2) is 219 Å². The summed E-state index contributed by atoms with van der Waals surface area (Å²) in [5.74, 6) is 1.42. The largest absolute Gasteiger partial charge is 0.0622 e.